The molecule has 2 fully saturated rings. The van der Waals surface area contributed by atoms with Crippen LogP contribution in [0.3, 0.4) is 0 Å². The summed E-state index contributed by atoms with van der Waals surface area (Å²) < 4.78 is 2.23. The van der Waals surface area contributed by atoms with E-state index in [4.69, 9.17) is 4.98 Å². The molecule has 0 bridgehead atoms. The molecule has 0 amide bonds. The van der Waals surface area contributed by atoms with Crippen LogP contribution in [-0.2, 0) is 7.05 Å². The molecule has 4 rings (SSSR count). The first-order valence-electron chi connectivity index (χ1n) is 7.35. The van der Waals surface area contributed by atoms with Gasteiger partial charge in [0, 0.05) is 19.3 Å². The van der Waals surface area contributed by atoms with Gasteiger partial charge >= 0.3 is 0 Å². The van der Waals surface area contributed by atoms with Gasteiger partial charge in [-0.25, -0.2) is 4.98 Å². The fourth-order valence-electron chi connectivity index (χ4n) is 3.90. The zero-order chi connectivity index (χ0) is 12.8. The second-order valence-corrected chi connectivity index (χ2v) is 6.00. The number of rotatable bonds is 1. The van der Waals surface area contributed by atoms with Gasteiger partial charge in [-0.2, -0.15) is 0 Å². The number of nitrogens with one attached hydrogen (secondary N) is 1. The molecule has 19 heavy (non-hydrogen) atoms. The van der Waals surface area contributed by atoms with Crippen LogP contribution in [0.15, 0.2) is 18.5 Å². The summed E-state index contributed by atoms with van der Waals surface area (Å²) in [5.74, 6) is 2.04. The number of aromatic nitrogens is 3. The summed E-state index contributed by atoms with van der Waals surface area (Å²) in [6, 6.07) is 3.19. The molecule has 1 N–H and O–H groups in total. The number of hydrogen-bond donors (Lipinski definition) is 1. The fourth-order valence-corrected chi connectivity index (χ4v) is 3.90. The molecular weight excluding hydrogens is 236 g/mol. The Labute approximate surface area is 113 Å². The van der Waals surface area contributed by atoms with E-state index in [-0.39, 0.29) is 0 Å². The first-order chi connectivity index (χ1) is 9.33. The maximum atomic E-state index is 4.79. The van der Waals surface area contributed by atoms with Crippen molar-refractivity contribution in [2.75, 3.05) is 0 Å². The lowest BCUT2D eigenvalue weighted by molar-refractivity contribution is 0.325. The average molecular weight is 256 g/mol. The molecule has 100 valence electrons. The number of hydrogen-bond acceptors (Lipinski definition) is 3. The predicted molar refractivity (Wildman–Crippen MR) is 74.7 cm³/mol. The van der Waals surface area contributed by atoms with Crippen molar-refractivity contribution in [3.8, 4) is 0 Å². The molecule has 0 spiro atoms. The van der Waals surface area contributed by atoms with Gasteiger partial charge in [-0.05, 0) is 31.2 Å². The summed E-state index contributed by atoms with van der Waals surface area (Å²) in [4.78, 5) is 8.96. The summed E-state index contributed by atoms with van der Waals surface area (Å²) >= 11 is 0. The highest BCUT2D eigenvalue weighted by molar-refractivity contribution is 5.74. The van der Waals surface area contributed by atoms with Crippen LogP contribution in [0.1, 0.15) is 44.0 Å². The standard InChI is InChI=1S/C15H20N4/c1-19-14-6-7-16-9-13(14)18-15(19)12-8-10-4-2-3-5-11(10)17-12/h6-7,9-12,17H,2-5,8H2,1H3. The van der Waals surface area contributed by atoms with Gasteiger partial charge in [0.05, 0.1) is 17.8 Å². The van der Waals surface area contributed by atoms with E-state index in [0.29, 0.717) is 6.04 Å². The highest BCUT2D eigenvalue weighted by Crippen LogP contribution is 2.39. The summed E-state index contributed by atoms with van der Waals surface area (Å²) in [7, 11) is 2.12. The van der Waals surface area contributed by atoms with Crippen LogP contribution in [-0.4, -0.2) is 20.6 Å². The van der Waals surface area contributed by atoms with Gasteiger partial charge in [0.1, 0.15) is 11.3 Å². The Morgan fingerprint density at radius 3 is 3.05 bits per heavy atom. The Hall–Kier alpha value is -1.42. The molecule has 3 unspecified atom stereocenters. The van der Waals surface area contributed by atoms with E-state index in [1.54, 1.807) is 0 Å². The van der Waals surface area contributed by atoms with Crippen LogP contribution >= 0.6 is 0 Å². The molecule has 4 heteroatoms. The number of aryl methyl sites for hydroxylation is 1. The molecule has 1 saturated carbocycles. The number of pyridine rings is 1. The quantitative estimate of drug-likeness (QED) is 0.852. The highest BCUT2D eigenvalue weighted by atomic mass is 15.1. The minimum absolute atomic E-state index is 0.422. The maximum Gasteiger partial charge on any atom is 0.126 e. The molecule has 1 aliphatic heterocycles. The Balaban J connectivity index is 1.69. The average Bonchev–Trinajstić information content (AvgIpc) is 3.00. The van der Waals surface area contributed by atoms with Crippen molar-refractivity contribution in [2.24, 2.45) is 13.0 Å². The Morgan fingerprint density at radius 1 is 1.32 bits per heavy atom. The molecule has 4 nitrogen and oxygen atoms in total. The lowest BCUT2D eigenvalue weighted by Gasteiger charge is -2.24. The van der Waals surface area contributed by atoms with Gasteiger partial charge in [-0.3, -0.25) is 4.98 Å². The third-order valence-electron chi connectivity index (χ3n) is 4.89. The van der Waals surface area contributed by atoms with Crippen molar-refractivity contribution < 1.29 is 0 Å². The SMILES string of the molecule is Cn1c(C2CC3CCCCC3N2)nc2cnccc21. The monoisotopic (exact) mass is 256 g/mol. The van der Waals surface area contributed by atoms with E-state index in [0.717, 1.165) is 17.5 Å². The van der Waals surface area contributed by atoms with Gasteiger partial charge in [0.25, 0.3) is 0 Å². The van der Waals surface area contributed by atoms with Crippen molar-refractivity contribution in [1.29, 1.82) is 0 Å². The molecule has 3 heterocycles. The molecule has 2 aliphatic rings. The van der Waals surface area contributed by atoms with E-state index in [1.165, 1.54) is 43.4 Å². The van der Waals surface area contributed by atoms with E-state index < -0.39 is 0 Å². The molecule has 0 radical (unpaired) electrons. The van der Waals surface area contributed by atoms with Gasteiger partial charge < -0.3 is 9.88 Å². The Bertz CT molecular complexity index is 589. The molecular formula is C15H20N4. The lowest BCUT2D eigenvalue weighted by atomic mass is 9.85. The second kappa shape index (κ2) is 4.30. The fraction of sp³-hybridized carbons (Fsp3) is 0.600. The van der Waals surface area contributed by atoms with Crippen LogP contribution in [0.5, 0.6) is 0 Å². The van der Waals surface area contributed by atoms with Gasteiger partial charge in [-0.1, -0.05) is 12.8 Å². The number of fused-ring (bicyclic) bond motifs is 2. The van der Waals surface area contributed by atoms with Crippen LogP contribution in [0.2, 0.25) is 0 Å². The molecule has 1 aliphatic carbocycles. The highest BCUT2D eigenvalue weighted by Gasteiger charge is 2.37. The van der Waals surface area contributed by atoms with Crippen LogP contribution in [0, 0.1) is 5.92 Å². The molecule has 0 aromatic carbocycles. The molecule has 3 atom stereocenters. The third kappa shape index (κ3) is 1.77. The topological polar surface area (TPSA) is 42.7 Å². The molecule has 2 aromatic rings. The summed E-state index contributed by atoms with van der Waals surface area (Å²) in [6.07, 6.45) is 10.5. The third-order valence-corrected chi connectivity index (χ3v) is 4.89. The van der Waals surface area contributed by atoms with Gasteiger partial charge in [0.2, 0.25) is 0 Å². The summed E-state index contributed by atoms with van der Waals surface area (Å²) in [5, 5.41) is 3.81. The second-order valence-electron chi connectivity index (χ2n) is 6.00. The van der Waals surface area contributed by atoms with E-state index >= 15 is 0 Å². The van der Waals surface area contributed by atoms with Crippen molar-refractivity contribution >= 4 is 11.0 Å². The number of imidazole rings is 1. The minimum Gasteiger partial charge on any atom is -0.330 e. The van der Waals surface area contributed by atoms with Gasteiger partial charge in [-0.15, -0.1) is 0 Å². The predicted octanol–water partition coefficient (Wildman–Crippen LogP) is 2.56. The summed E-state index contributed by atoms with van der Waals surface area (Å²) in [5.41, 5.74) is 2.19. The van der Waals surface area contributed by atoms with Crippen LogP contribution in [0.25, 0.3) is 11.0 Å². The smallest absolute Gasteiger partial charge is 0.126 e. The Kier molecular flexibility index (Phi) is 2.58. The van der Waals surface area contributed by atoms with E-state index in [9.17, 15) is 0 Å². The zero-order valence-corrected chi connectivity index (χ0v) is 11.3. The first-order valence-corrected chi connectivity index (χ1v) is 7.35. The largest absolute Gasteiger partial charge is 0.330 e. The van der Waals surface area contributed by atoms with E-state index in [1.807, 2.05) is 18.5 Å². The maximum absolute atomic E-state index is 4.79. The normalized spacial score (nSPS) is 30.7. The van der Waals surface area contributed by atoms with Crippen LogP contribution < -0.4 is 5.32 Å². The summed E-state index contributed by atoms with van der Waals surface area (Å²) in [6.45, 7) is 0. The first kappa shape index (κ1) is 11.4. The number of nitrogens with zero attached hydrogens (tertiary/aromatic N) is 3. The van der Waals surface area contributed by atoms with Crippen molar-refractivity contribution in [1.82, 2.24) is 19.9 Å². The Morgan fingerprint density at radius 2 is 2.21 bits per heavy atom. The van der Waals surface area contributed by atoms with Crippen LogP contribution in [0.4, 0.5) is 0 Å². The van der Waals surface area contributed by atoms with E-state index in [2.05, 4.69) is 21.9 Å². The van der Waals surface area contributed by atoms with Gasteiger partial charge in [0.15, 0.2) is 0 Å². The molecule has 2 aromatic heterocycles. The van der Waals surface area contributed by atoms with Crippen molar-refractivity contribution in [2.45, 2.75) is 44.2 Å². The van der Waals surface area contributed by atoms with Crippen molar-refractivity contribution in [3.05, 3.63) is 24.3 Å². The minimum atomic E-state index is 0.422. The molecule has 1 saturated heterocycles. The lowest BCUT2D eigenvalue weighted by Crippen LogP contribution is -2.31. The zero-order valence-electron chi connectivity index (χ0n) is 11.3. The van der Waals surface area contributed by atoms with Crippen molar-refractivity contribution in [3.63, 3.8) is 0 Å².